The molecule has 1 aliphatic rings. The predicted octanol–water partition coefficient (Wildman–Crippen LogP) is 4.36. The Bertz CT molecular complexity index is 603. The first-order valence-electron chi connectivity index (χ1n) is 10.6. The molecule has 2 rings (SSSR count). The monoisotopic (exact) mass is 537 g/mol. The van der Waals surface area contributed by atoms with Crippen LogP contribution in [0.5, 0.6) is 0 Å². The van der Waals surface area contributed by atoms with Gasteiger partial charge in [0.2, 0.25) is 0 Å². The number of guanidine groups is 1. The molecule has 0 amide bonds. The van der Waals surface area contributed by atoms with Gasteiger partial charge in [0.15, 0.2) is 5.96 Å². The summed E-state index contributed by atoms with van der Waals surface area (Å²) in [6, 6.07) is 8.17. The van der Waals surface area contributed by atoms with Crippen molar-refractivity contribution in [3.63, 3.8) is 0 Å². The van der Waals surface area contributed by atoms with Crippen LogP contribution in [0.3, 0.4) is 0 Å². The van der Waals surface area contributed by atoms with E-state index in [4.69, 9.17) is 21.3 Å². The number of aliphatic hydroxyl groups excluding tert-OH is 1. The minimum Gasteiger partial charge on any atom is -0.396 e. The maximum absolute atomic E-state index is 9.29. The van der Waals surface area contributed by atoms with Crippen molar-refractivity contribution in [2.75, 3.05) is 39.5 Å². The molecule has 0 bridgehead atoms. The van der Waals surface area contributed by atoms with Crippen molar-refractivity contribution < 1.29 is 9.84 Å². The van der Waals surface area contributed by atoms with Gasteiger partial charge in [-0.15, -0.1) is 24.0 Å². The number of benzene rings is 1. The van der Waals surface area contributed by atoms with Crippen LogP contribution in [-0.4, -0.2) is 50.5 Å². The third-order valence-corrected chi connectivity index (χ3v) is 5.80. The Kier molecular flexibility index (Phi) is 13.2. The van der Waals surface area contributed by atoms with Crippen LogP contribution in [-0.2, 0) is 10.2 Å². The molecule has 166 valence electrons. The normalized spacial score (nSPS) is 17.3. The third kappa shape index (κ3) is 8.59. The van der Waals surface area contributed by atoms with Gasteiger partial charge in [-0.2, -0.15) is 0 Å². The molecule has 0 aromatic heterocycles. The summed E-state index contributed by atoms with van der Waals surface area (Å²) in [5, 5.41) is 16.9. The van der Waals surface area contributed by atoms with Gasteiger partial charge < -0.3 is 20.5 Å². The molecule has 0 aliphatic carbocycles. The van der Waals surface area contributed by atoms with Crippen molar-refractivity contribution in [1.29, 1.82) is 0 Å². The second kappa shape index (κ2) is 14.4. The molecule has 1 aromatic carbocycles. The zero-order valence-corrected chi connectivity index (χ0v) is 20.8. The molecular formula is C22H37ClIN3O2. The summed E-state index contributed by atoms with van der Waals surface area (Å²) in [6.45, 7) is 8.34. The molecule has 0 spiro atoms. The van der Waals surface area contributed by atoms with Crippen molar-refractivity contribution in [3.05, 3.63) is 34.9 Å². The highest BCUT2D eigenvalue weighted by Gasteiger charge is 2.34. The number of halogens is 2. The van der Waals surface area contributed by atoms with Crippen LogP contribution in [0, 0.1) is 5.92 Å². The van der Waals surface area contributed by atoms with Crippen LogP contribution in [0.2, 0.25) is 5.02 Å². The van der Waals surface area contributed by atoms with Gasteiger partial charge in [-0.1, -0.05) is 37.1 Å². The van der Waals surface area contributed by atoms with E-state index in [2.05, 4.69) is 36.6 Å². The van der Waals surface area contributed by atoms with Crippen LogP contribution in [0.25, 0.3) is 0 Å². The molecular weight excluding hydrogens is 501 g/mol. The summed E-state index contributed by atoms with van der Waals surface area (Å²) in [4.78, 5) is 4.94. The molecule has 1 fully saturated rings. The van der Waals surface area contributed by atoms with E-state index in [1.807, 2.05) is 12.1 Å². The second-order valence-corrected chi connectivity index (χ2v) is 8.08. The summed E-state index contributed by atoms with van der Waals surface area (Å²) in [7, 11) is 0. The van der Waals surface area contributed by atoms with Crippen molar-refractivity contribution in [2.45, 2.75) is 51.4 Å². The molecule has 0 radical (unpaired) electrons. The summed E-state index contributed by atoms with van der Waals surface area (Å²) in [5.41, 5.74) is 1.20. The fraction of sp³-hybridized carbons (Fsp3) is 0.682. The smallest absolute Gasteiger partial charge is 0.191 e. The average Bonchev–Trinajstić information content (AvgIpc) is 2.71. The third-order valence-electron chi connectivity index (χ3n) is 5.56. The fourth-order valence-corrected chi connectivity index (χ4v) is 4.06. The van der Waals surface area contributed by atoms with E-state index < -0.39 is 0 Å². The largest absolute Gasteiger partial charge is 0.396 e. The van der Waals surface area contributed by atoms with Gasteiger partial charge in [-0.3, -0.25) is 4.99 Å². The molecule has 1 saturated heterocycles. The number of hydrogen-bond acceptors (Lipinski definition) is 3. The van der Waals surface area contributed by atoms with Crippen molar-refractivity contribution in [1.82, 2.24) is 10.6 Å². The van der Waals surface area contributed by atoms with Crippen LogP contribution in [0.4, 0.5) is 0 Å². The zero-order valence-electron chi connectivity index (χ0n) is 17.8. The molecule has 1 aliphatic heterocycles. The summed E-state index contributed by atoms with van der Waals surface area (Å²) < 4.78 is 5.63. The van der Waals surface area contributed by atoms with Gasteiger partial charge in [0, 0.05) is 43.3 Å². The van der Waals surface area contributed by atoms with Crippen LogP contribution >= 0.6 is 35.6 Å². The lowest BCUT2D eigenvalue weighted by Crippen LogP contribution is -2.42. The Morgan fingerprint density at radius 1 is 1.24 bits per heavy atom. The van der Waals surface area contributed by atoms with Gasteiger partial charge >= 0.3 is 0 Å². The van der Waals surface area contributed by atoms with Gasteiger partial charge in [0.05, 0.1) is 6.54 Å². The van der Waals surface area contributed by atoms with E-state index in [1.54, 1.807) is 0 Å². The van der Waals surface area contributed by atoms with Crippen LogP contribution in [0.15, 0.2) is 29.3 Å². The summed E-state index contributed by atoms with van der Waals surface area (Å²) in [5.74, 6) is 1.30. The molecule has 3 N–H and O–H groups in total. The molecule has 0 saturated carbocycles. The Balaban J connectivity index is 0.00000420. The molecule has 29 heavy (non-hydrogen) atoms. The number of aliphatic imine (C=N–C) groups is 1. The molecule has 1 heterocycles. The maximum Gasteiger partial charge on any atom is 0.191 e. The van der Waals surface area contributed by atoms with Gasteiger partial charge in [0.25, 0.3) is 0 Å². The van der Waals surface area contributed by atoms with E-state index in [0.29, 0.717) is 12.5 Å². The number of aliphatic hydroxyl groups is 1. The first-order valence-corrected chi connectivity index (χ1v) is 11.0. The number of nitrogens with zero attached hydrogens (tertiary/aromatic N) is 1. The standard InChI is InChI=1S/C22H36ClN3O2.HI/c1-3-6-18(9-12-27)16-25-21(24-4-2)26-17-22(10-13-28-14-11-22)19-7-5-8-20(23)15-19;/h5,7-8,15,18,27H,3-4,6,9-14,16-17H2,1-2H3,(H2,24,25,26);1H. The van der Waals surface area contributed by atoms with E-state index >= 15 is 0 Å². The molecule has 5 nitrogen and oxygen atoms in total. The minimum absolute atomic E-state index is 0. The van der Waals surface area contributed by atoms with E-state index in [1.165, 1.54) is 5.56 Å². The molecule has 1 aromatic rings. The van der Waals surface area contributed by atoms with Gasteiger partial charge in [-0.25, -0.2) is 0 Å². The first-order chi connectivity index (χ1) is 13.6. The Morgan fingerprint density at radius 2 is 2.00 bits per heavy atom. The number of rotatable bonds is 10. The average molecular weight is 538 g/mol. The summed E-state index contributed by atoms with van der Waals surface area (Å²) >= 11 is 6.27. The number of nitrogens with one attached hydrogen (secondary N) is 2. The molecule has 1 unspecified atom stereocenters. The highest BCUT2D eigenvalue weighted by Crippen LogP contribution is 2.36. The Hall–Kier alpha value is -0.570. The van der Waals surface area contributed by atoms with Crippen molar-refractivity contribution in [3.8, 4) is 0 Å². The fourth-order valence-electron chi connectivity index (χ4n) is 3.87. The number of ether oxygens (including phenoxy) is 1. The minimum atomic E-state index is -0.0422. The second-order valence-electron chi connectivity index (χ2n) is 7.65. The van der Waals surface area contributed by atoms with E-state index in [-0.39, 0.29) is 36.0 Å². The Morgan fingerprint density at radius 3 is 2.62 bits per heavy atom. The summed E-state index contributed by atoms with van der Waals surface area (Å²) in [6.07, 6.45) is 4.94. The maximum atomic E-state index is 9.29. The SMILES string of the molecule is CCCC(CCO)CNC(=NCC1(c2cccc(Cl)c2)CCOCC1)NCC.I. The van der Waals surface area contributed by atoms with E-state index in [9.17, 15) is 5.11 Å². The predicted molar refractivity (Wildman–Crippen MR) is 133 cm³/mol. The lowest BCUT2D eigenvalue weighted by atomic mass is 9.74. The van der Waals surface area contributed by atoms with Gasteiger partial charge in [-0.05, 0) is 56.2 Å². The lowest BCUT2D eigenvalue weighted by molar-refractivity contribution is 0.0531. The molecule has 7 heteroatoms. The molecule has 1 atom stereocenters. The Labute approximate surface area is 198 Å². The van der Waals surface area contributed by atoms with Crippen molar-refractivity contribution >= 4 is 41.5 Å². The van der Waals surface area contributed by atoms with Crippen molar-refractivity contribution in [2.24, 2.45) is 10.9 Å². The highest BCUT2D eigenvalue weighted by molar-refractivity contribution is 14.0. The van der Waals surface area contributed by atoms with Gasteiger partial charge in [0.1, 0.15) is 0 Å². The quantitative estimate of drug-likeness (QED) is 0.236. The van der Waals surface area contributed by atoms with E-state index in [0.717, 1.165) is 69.4 Å². The lowest BCUT2D eigenvalue weighted by Gasteiger charge is -2.37. The topological polar surface area (TPSA) is 65.9 Å². The zero-order chi connectivity index (χ0) is 20.2. The first kappa shape index (κ1) is 26.5. The highest BCUT2D eigenvalue weighted by atomic mass is 127. The number of hydrogen-bond donors (Lipinski definition) is 3. The van der Waals surface area contributed by atoms with Crippen LogP contribution in [0.1, 0.15) is 51.5 Å². The van der Waals surface area contributed by atoms with Crippen LogP contribution < -0.4 is 10.6 Å².